The molecule has 0 radical (unpaired) electrons. The molecule has 10 heteroatoms. The second kappa shape index (κ2) is 11.7. The minimum Gasteiger partial charge on any atom is -0.386 e. The number of carbonyl (C=O) groups is 1. The van der Waals surface area contributed by atoms with Gasteiger partial charge >= 0.3 is 0 Å². The maximum Gasteiger partial charge on any atom is 0.251 e. The van der Waals surface area contributed by atoms with Gasteiger partial charge in [0.15, 0.2) is 6.29 Å². The molecule has 1 aliphatic rings. The average Bonchev–Trinajstić information content (AvgIpc) is 2.95. The van der Waals surface area contributed by atoms with Crippen LogP contribution in [0.15, 0.2) is 95.9 Å². The van der Waals surface area contributed by atoms with Gasteiger partial charge in [0.2, 0.25) is 10.0 Å². The summed E-state index contributed by atoms with van der Waals surface area (Å²) in [6, 6.07) is 23.3. The van der Waals surface area contributed by atoms with Gasteiger partial charge in [0, 0.05) is 19.2 Å². The molecule has 4 rings (SSSR count). The van der Waals surface area contributed by atoms with E-state index in [9.17, 15) is 23.6 Å². The van der Waals surface area contributed by atoms with Crippen molar-refractivity contribution in [2.45, 2.75) is 29.4 Å². The molecule has 0 saturated carbocycles. The molecule has 0 bridgehead atoms. The van der Waals surface area contributed by atoms with Crippen LogP contribution in [-0.4, -0.2) is 57.6 Å². The van der Waals surface area contributed by atoms with Crippen LogP contribution >= 0.6 is 0 Å². The van der Waals surface area contributed by atoms with Gasteiger partial charge in [0.05, 0.1) is 16.6 Å². The number of ether oxygens (including phenoxy) is 2. The third-order valence-corrected chi connectivity index (χ3v) is 7.72. The maximum atomic E-state index is 13.1. The molecular weight excluding hydrogens is 506 g/mol. The minimum atomic E-state index is -4.05. The molecule has 1 aliphatic heterocycles. The highest BCUT2D eigenvalue weighted by atomic mass is 32.2. The largest absolute Gasteiger partial charge is 0.386 e. The lowest BCUT2D eigenvalue weighted by molar-refractivity contribution is -0.194. The number of amides is 1. The van der Waals surface area contributed by atoms with Crippen molar-refractivity contribution >= 4 is 15.9 Å². The molecule has 1 amide bonds. The number of benzene rings is 3. The Labute approximate surface area is 221 Å². The molecule has 9 nitrogen and oxygen atoms in total. The van der Waals surface area contributed by atoms with Gasteiger partial charge in [-0.1, -0.05) is 61.2 Å². The molecular formula is C28H27N3O6S. The van der Waals surface area contributed by atoms with Crippen LogP contribution in [0.25, 0.3) is 11.1 Å². The van der Waals surface area contributed by atoms with Crippen molar-refractivity contribution in [1.82, 2.24) is 10.0 Å². The predicted octanol–water partition coefficient (Wildman–Crippen LogP) is 2.59. The van der Waals surface area contributed by atoms with E-state index in [1.54, 1.807) is 24.3 Å². The molecule has 1 saturated heterocycles. The summed E-state index contributed by atoms with van der Waals surface area (Å²) in [7, 11) is -2.70. The molecule has 0 aromatic heterocycles. The molecule has 38 heavy (non-hydrogen) atoms. The second-order valence-electron chi connectivity index (χ2n) is 8.65. The zero-order valence-electron chi connectivity index (χ0n) is 20.6. The lowest BCUT2D eigenvalue weighted by atomic mass is 9.94. The van der Waals surface area contributed by atoms with Crippen LogP contribution in [0.3, 0.4) is 0 Å². The third-order valence-electron chi connectivity index (χ3n) is 6.24. The van der Waals surface area contributed by atoms with Crippen molar-refractivity contribution in [2.75, 3.05) is 13.7 Å². The van der Waals surface area contributed by atoms with E-state index in [1.165, 1.54) is 25.3 Å². The molecule has 1 heterocycles. The third kappa shape index (κ3) is 5.83. The molecule has 0 spiro atoms. The van der Waals surface area contributed by atoms with Crippen LogP contribution in [0.1, 0.15) is 15.9 Å². The Morgan fingerprint density at radius 1 is 1.08 bits per heavy atom. The van der Waals surface area contributed by atoms with Gasteiger partial charge in [-0.15, -0.1) is 0 Å². The Morgan fingerprint density at radius 2 is 1.76 bits per heavy atom. The number of carbonyl (C=O) groups excluding carboxylic acids is 1. The first kappa shape index (κ1) is 27.2. The Hall–Kier alpha value is -3.85. The molecule has 196 valence electrons. The fraction of sp³-hybridized carbons (Fsp3) is 0.214. The summed E-state index contributed by atoms with van der Waals surface area (Å²) in [5, 5.41) is 23.0. The molecule has 4 atom stereocenters. The topological polar surface area (TPSA) is 138 Å². The van der Waals surface area contributed by atoms with Crippen molar-refractivity contribution in [1.29, 1.82) is 5.26 Å². The van der Waals surface area contributed by atoms with E-state index in [0.717, 1.165) is 11.1 Å². The van der Waals surface area contributed by atoms with Crippen molar-refractivity contribution in [3.63, 3.8) is 0 Å². The Morgan fingerprint density at radius 3 is 2.47 bits per heavy atom. The normalized spacial score (nSPS) is 21.4. The summed E-state index contributed by atoms with van der Waals surface area (Å²) in [6.07, 6.45) is -3.32. The van der Waals surface area contributed by atoms with E-state index in [-0.39, 0.29) is 22.6 Å². The lowest BCUT2D eigenvalue weighted by Gasteiger charge is -2.40. The highest BCUT2D eigenvalue weighted by Crippen LogP contribution is 2.26. The van der Waals surface area contributed by atoms with Crippen LogP contribution in [0.2, 0.25) is 0 Å². The first-order valence-corrected chi connectivity index (χ1v) is 13.2. The molecule has 3 aromatic rings. The summed E-state index contributed by atoms with van der Waals surface area (Å²) in [6.45, 7) is 3.60. The molecule has 1 fully saturated rings. The van der Waals surface area contributed by atoms with Crippen LogP contribution < -0.4 is 10.0 Å². The summed E-state index contributed by atoms with van der Waals surface area (Å²) >= 11 is 0. The number of hydrogen-bond acceptors (Lipinski definition) is 7. The number of rotatable bonds is 8. The average molecular weight is 534 g/mol. The SMILES string of the molecule is C=C1C(CNS(=O)(=O)c2ccccc2C#N)OC(OC)C(NC(=O)c2cccc(-c3ccccc3)c2)C1O. The Balaban J connectivity index is 1.46. The van der Waals surface area contributed by atoms with Crippen molar-refractivity contribution in [3.05, 3.63) is 102 Å². The van der Waals surface area contributed by atoms with E-state index in [1.807, 2.05) is 42.5 Å². The molecule has 3 N–H and O–H groups in total. The lowest BCUT2D eigenvalue weighted by Crippen LogP contribution is -2.60. The van der Waals surface area contributed by atoms with E-state index in [2.05, 4.69) is 16.6 Å². The Bertz CT molecular complexity index is 1470. The number of nitrogens with zero attached hydrogens (tertiary/aromatic N) is 1. The number of hydrogen-bond donors (Lipinski definition) is 3. The summed E-state index contributed by atoms with van der Waals surface area (Å²) in [5.41, 5.74) is 2.35. The summed E-state index contributed by atoms with van der Waals surface area (Å²) in [5.74, 6) is -0.447. The summed E-state index contributed by atoms with van der Waals surface area (Å²) in [4.78, 5) is 12.9. The second-order valence-corrected chi connectivity index (χ2v) is 10.4. The fourth-order valence-corrected chi connectivity index (χ4v) is 5.38. The van der Waals surface area contributed by atoms with Gasteiger partial charge in [-0.3, -0.25) is 4.79 Å². The molecule has 0 aliphatic carbocycles. The van der Waals surface area contributed by atoms with E-state index >= 15 is 0 Å². The Kier molecular flexibility index (Phi) is 8.36. The summed E-state index contributed by atoms with van der Waals surface area (Å²) < 4.78 is 39.2. The monoisotopic (exact) mass is 533 g/mol. The van der Waals surface area contributed by atoms with Crippen molar-refractivity contribution in [2.24, 2.45) is 0 Å². The van der Waals surface area contributed by atoms with Gasteiger partial charge in [0.1, 0.15) is 18.2 Å². The van der Waals surface area contributed by atoms with Crippen LogP contribution in [-0.2, 0) is 19.5 Å². The maximum absolute atomic E-state index is 13.1. The van der Waals surface area contributed by atoms with Crippen molar-refractivity contribution < 1.29 is 27.8 Å². The van der Waals surface area contributed by atoms with Crippen molar-refractivity contribution in [3.8, 4) is 17.2 Å². The quantitative estimate of drug-likeness (QED) is 0.379. The predicted molar refractivity (Wildman–Crippen MR) is 140 cm³/mol. The van der Waals surface area contributed by atoms with Gasteiger partial charge in [0.25, 0.3) is 5.91 Å². The number of methoxy groups -OCH3 is 1. The minimum absolute atomic E-state index is 0.00250. The molecule has 3 aromatic carbocycles. The van der Waals surface area contributed by atoms with Crippen LogP contribution in [0.4, 0.5) is 0 Å². The first-order valence-electron chi connectivity index (χ1n) is 11.8. The number of nitrogens with one attached hydrogen (secondary N) is 2. The standard InChI is InChI=1S/C28H27N3O6S/c1-18-23(17-30-38(34,35)24-14-7-6-11-22(24)16-29)37-28(36-2)25(26(18)32)31-27(33)21-13-8-12-20(15-21)19-9-4-3-5-10-19/h3-15,23,25-26,28,30,32H,1,17H2,2H3,(H,31,33). The van der Waals surface area contributed by atoms with Gasteiger partial charge in [-0.05, 0) is 41.0 Å². The van der Waals surface area contributed by atoms with Gasteiger partial charge in [-0.2, -0.15) is 5.26 Å². The highest BCUT2D eigenvalue weighted by Gasteiger charge is 2.42. The van der Waals surface area contributed by atoms with E-state index in [4.69, 9.17) is 9.47 Å². The van der Waals surface area contributed by atoms with Gasteiger partial charge < -0.3 is 19.9 Å². The smallest absolute Gasteiger partial charge is 0.251 e. The first-order chi connectivity index (χ1) is 18.2. The molecule has 4 unspecified atom stereocenters. The van der Waals surface area contributed by atoms with E-state index < -0.39 is 40.5 Å². The van der Waals surface area contributed by atoms with Crippen LogP contribution in [0, 0.1) is 11.3 Å². The number of aliphatic hydroxyl groups is 1. The highest BCUT2D eigenvalue weighted by molar-refractivity contribution is 7.89. The van der Waals surface area contributed by atoms with E-state index in [0.29, 0.717) is 5.56 Å². The zero-order chi connectivity index (χ0) is 27.3. The number of sulfonamides is 1. The van der Waals surface area contributed by atoms with Gasteiger partial charge in [-0.25, -0.2) is 13.1 Å². The zero-order valence-corrected chi connectivity index (χ0v) is 21.4. The number of nitriles is 1. The number of aliphatic hydroxyl groups excluding tert-OH is 1. The fourth-order valence-electron chi connectivity index (χ4n) is 4.19. The van der Waals surface area contributed by atoms with Crippen LogP contribution in [0.5, 0.6) is 0 Å².